The van der Waals surface area contributed by atoms with Crippen molar-refractivity contribution in [3.05, 3.63) is 18.2 Å². The standard InChI is InChI=1S/C18H31N5O/c1-4-18(2)7-5-13(6-8-18)21-17(24)23-9-14(15(19)10-23)16-11-22(3)12-20-16/h11-15H,4-10,19H2,1-3H3,(H,21,24)/t13?,14-,15-,18?/m1/s1. The van der Waals surface area contributed by atoms with Gasteiger partial charge in [-0.15, -0.1) is 0 Å². The molecule has 2 amide bonds. The van der Waals surface area contributed by atoms with Crippen molar-refractivity contribution in [1.29, 1.82) is 0 Å². The van der Waals surface area contributed by atoms with Crippen LogP contribution < -0.4 is 11.1 Å². The minimum atomic E-state index is -0.0413. The Morgan fingerprint density at radius 2 is 2.12 bits per heavy atom. The lowest BCUT2D eigenvalue weighted by molar-refractivity contribution is 0.165. The molecule has 1 aliphatic heterocycles. The number of carbonyl (C=O) groups is 1. The molecule has 1 aliphatic carbocycles. The highest BCUT2D eigenvalue weighted by Gasteiger charge is 2.36. The zero-order valence-electron chi connectivity index (χ0n) is 15.2. The van der Waals surface area contributed by atoms with Crippen molar-refractivity contribution in [2.75, 3.05) is 13.1 Å². The monoisotopic (exact) mass is 333 g/mol. The van der Waals surface area contributed by atoms with Crippen LogP contribution in [0.3, 0.4) is 0 Å². The van der Waals surface area contributed by atoms with Gasteiger partial charge >= 0.3 is 6.03 Å². The van der Waals surface area contributed by atoms with Crippen LogP contribution in [0.4, 0.5) is 4.79 Å². The molecule has 0 aromatic carbocycles. The molecule has 1 saturated heterocycles. The Balaban J connectivity index is 1.53. The van der Waals surface area contributed by atoms with E-state index in [1.165, 1.54) is 19.3 Å². The fraction of sp³-hybridized carbons (Fsp3) is 0.778. The van der Waals surface area contributed by atoms with Gasteiger partial charge in [0.2, 0.25) is 0 Å². The van der Waals surface area contributed by atoms with E-state index in [9.17, 15) is 4.79 Å². The van der Waals surface area contributed by atoms with Gasteiger partial charge < -0.3 is 20.5 Å². The number of nitrogens with one attached hydrogen (secondary N) is 1. The van der Waals surface area contributed by atoms with Crippen molar-refractivity contribution in [2.45, 2.75) is 64.0 Å². The number of hydrogen-bond acceptors (Lipinski definition) is 3. The first-order valence-corrected chi connectivity index (χ1v) is 9.19. The van der Waals surface area contributed by atoms with E-state index in [1.54, 1.807) is 6.33 Å². The van der Waals surface area contributed by atoms with Crippen molar-refractivity contribution in [1.82, 2.24) is 19.8 Å². The Morgan fingerprint density at radius 1 is 1.42 bits per heavy atom. The predicted molar refractivity (Wildman–Crippen MR) is 94.7 cm³/mol. The lowest BCUT2D eigenvalue weighted by Crippen LogP contribution is -2.46. The third-order valence-corrected chi connectivity index (χ3v) is 6.13. The van der Waals surface area contributed by atoms with E-state index in [0.29, 0.717) is 24.5 Å². The highest BCUT2D eigenvalue weighted by atomic mass is 16.2. The SMILES string of the molecule is CCC1(C)CCC(NC(=O)N2C[C@@H](N)[C@H](c3cn(C)cn3)C2)CC1. The van der Waals surface area contributed by atoms with Gasteiger partial charge in [-0.25, -0.2) is 9.78 Å². The van der Waals surface area contributed by atoms with Crippen LogP contribution in [0.15, 0.2) is 12.5 Å². The minimum Gasteiger partial charge on any atom is -0.340 e. The van der Waals surface area contributed by atoms with E-state index < -0.39 is 0 Å². The van der Waals surface area contributed by atoms with Crippen LogP contribution in [0.25, 0.3) is 0 Å². The van der Waals surface area contributed by atoms with E-state index in [4.69, 9.17) is 5.73 Å². The number of hydrogen-bond donors (Lipinski definition) is 2. The molecule has 1 aromatic rings. The fourth-order valence-electron chi connectivity index (χ4n) is 4.01. The third-order valence-electron chi connectivity index (χ3n) is 6.13. The zero-order valence-corrected chi connectivity index (χ0v) is 15.2. The normalized spacial score (nSPS) is 33.7. The maximum Gasteiger partial charge on any atom is 0.317 e. The number of likely N-dealkylation sites (tertiary alicyclic amines) is 1. The third kappa shape index (κ3) is 3.58. The van der Waals surface area contributed by atoms with Gasteiger partial charge in [-0.2, -0.15) is 0 Å². The number of aromatic nitrogens is 2. The molecule has 6 nitrogen and oxygen atoms in total. The molecule has 2 atom stereocenters. The maximum absolute atomic E-state index is 12.6. The summed E-state index contributed by atoms with van der Waals surface area (Å²) in [5.41, 5.74) is 7.71. The summed E-state index contributed by atoms with van der Waals surface area (Å²) >= 11 is 0. The molecule has 0 radical (unpaired) electrons. The number of nitrogens with zero attached hydrogens (tertiary/aromatic N) is 3. The van der Waals surface area contributed by atoms with E-state index in [0.717, 1.165) is 18.5 Å². The van der Waals surface area contributed by atoms with Gasteiger partial charge in [-0.1, -0.05) is 20.3 Å². The maximum atomic E-state index is 12.6. The number of carbonyl (C=O) groups excluding carboxylic acids is 1. The van der Waals surface area contributed by atoms with E-state index in [-0.39, 0.29) is 18.0 Å². The molecule has 6 heteroatoms. The Bertz CT molecular complexity index is 576. The molecule has 1 saturated carbocycles. The smallest absolute Gasteiger partial charge is 0.317 e. The molecule has 0 spiro atoms. The van der Waals surface area contributed by atoms with Gasteiger partial charge in [0.15, 0.2) is 0 Å². The largest absolute Gasteiger partial charge is 0.340 e. The zero-order chi connectivity index (χ0) is 17.3. The molecular formula is C18H31N5O. The number of urea groups is 1. The van der Waals surface area contributed by atoms with E-state index in [2.05, 4.69) is 24.1 Å². The number of amides is 2. The molecule has 0 unspecified atom stereocenters. The van der Waals surface area contributed by atoms with Crippen LogP contribution in [0.5, 0.6) is 0 Å². The van der Waals surface area contributed by atoms with Crippen LogP contribution in [0.2, 0.25) is 0 Å². The first-order valence-electron chi connectivity index (χ1n) is 9.19. The number of rotatable bonds is 3. The lowest BCUT2D eigenvalue weighted by Gasteiger charge is -2.37. The molecule has 3 rings (SSSR count). The summed E-state index contributed by atoms with van der Waals surface area (Å²) in [6, 6.07) is 0.302. The van der Waals surface area contributed by atoms with Crippen molar-refractivity contribution >= 4 is 6.03 Å². The highest BCUT2D eigenvalue weighted by Crippen LogP contribution is 2.38. The molecular weight excluding hydrogens is 302 g/mol. The highest BCUT2D eigenvalue weighted by molar-refractivity contribution is 5.75. The molecule has 134 valence electrons. The molecule has 2 aliphatic rings. The molecule has 2 heterocycles. The van der Waals surface area contributed by atoms with E-state index in [1.807, 2.05) is 22.7 Å². The van der Waals surface area contributed by atoms with Crippen LogP contribution in [0, 0.1) is 5.41 Å². The second-order valence-electron chi connectivity index (χ2n) is 8.03. The average Bonchev–Trinajstić information content (AvgIpc) is 3.15. The first-order chi connectivity index (χ1) is 11.4. The molecule has 3 N–H and O–H groups in total. The summed E-state index contributed by atoms with van der Waals surface area (Å²) in [5, 5.41) is 3.23. The van der Waals surface area contributed by atoms with Gasteiger partial charge in [0.1, 0.15) is 0 Å². The van der Waals surface area contributed by atoms with Gasteiger partial charge in [0, 0.05) is 44.3 Å². The first kappa shape index (κ1) is 17.3. The van der Waals surface area contributed by atoms with Crippen LogP contribution in [0.1, 0.15) is 57.6 Å². The number of nitrogens with two attached hydrogens (primary N) is 1. The quantitative estimate of drug-likeness (QED) is 0.890. The topological polar surface area (TPSA) is 76.2 Å². The summed E-state index contributed by atoms with van der Waals surface area (Å²) in [5.74, 6) is 0.131. The van der Waals surface area contributed by atoms with E-state index >= 15 is 0 Å². The molecule has 24 heavy (non-hydrogen) atoms. The summed E-state index contributed by atoms with van der Waals surface area (Å²) in [4.78, 5) is 18.9. The van der Waals surface area contributed by atoms with Gasteiger partial charge in [0.05, 0.1) is 12.0 Å². The Morgan fingerprint density at radius 3 is 2.71 bits per heavy atom. The van der Waals surface area contributed by atoms with Crippen molar-refractivity contribution in [2.24, 2.45) is 18.2 Å². The van der Waals surface area contributed by atoms with Crippen molar-refractivity contribution < 1.29 is 4.79 Å². The fourth-order valence-corrected chi connectivity index (χ4v) is 4.01. The van der Waals surface area contributed by atoms with Crippen molar-refractivity contribution in [3.8, 4) is 0 Å². The second-order valence-corrected chi connectivity index (χ2v) is 8.03. The Labute approximate surface area is 144 Å². The van der Waals surface area contributed by atoms with Crippen molar-refractivity contribution in [3.63, 3.8) is 0 Å². The summed E-state index contributed by atoms with van der Waals surface area (Å²) in [7, 11) is 1.95. The lowest BCUT2D eigenvalue weighted by atomic mass is 9.72. The minimum absolute atomic E-state index is 0.0361. The number of imidazole rings is 1. The predicted octanol–water partition coefficient (Wildman–Crippen LogP) is 2.22. The molecule has 2 fully saturated rings. The molecule has 0 bridgehead atoms. The van der Waals surface area contributed by atoms with Gasteiger partial charge in [0.25, 0.3) is 0 Å². The number of aryl methyl sites for hydroxylation is 1. The second kappa shape index (κ2) is 6.75. The van der Waals surface area contributed by atoms with Crippen LogP contribution in [-0.2, 0) is 7.05 Å². The van der Waals surface area contributed by atoms with Gasteiger partial charge in [-0.05, 0) is 31.1 Å². The van der Waals surface area contributed by atoms with Gasteiger partial charge in [-0.3, -0.25) is 0 Å². The van der Waals surface area contributed by atoms with Crippen LogP contribution >= 0.6 is 0 Å². The molecule has 1 aromatic heterocycles. The summed E-state index contributed by atoms with van der Waals surface area (Å²) in [6.45, 7) is 5.89. The summed E-state index contributed by atoms with van der Waals surface area (Å²) in [6.07, 6.45) is 9.57. The summed E-state index contributed by atoms with van der Waals surface area (Å²) < 4.78 is 1.93. The average molecular weight is 333 g/mol. The Kier molecular flexibility index (Phi) is 4.85. The van der Waals surface area contributed by atoms with Crippen LogP contribution in [-0.4, -0.2) is 45.7 Å². The Hall–Kier alpha value is -1.56.